The molecule has 0 radical (unpaired) electrons. The van der Waals surface area contributed by atoms with Crippen molar-refractivity contribution in [3.05, 3.63) is 70.9 Å². The lowest BCUT2D eigenvalue weighted by molar-refractivity contribution is 0.122. The number of nitrogens with zero attached hydrogens (tertiary/aromatic N) is 5. The fourth-order valence-electron chi connectivity index (χ4n) is 4.13. The summed E-state index contributed by atoms with van der Waals surface area (Å²) in [4.78, 5) is 10.9. The monoisotopic (exact) mass is 513 g/mol. The van der Waals surface area contributed by atoms with Gasteiger partial charge in [-0.15, -0.1) is 0 Å². The normalized spacial score (nSPS) is 16.3. The maximum atomic E-state index is 14.4. The smallest absolute Gasteiger partial charge is 0.244 e. The first-order chi connectivity index (χ1) is 17.4. The Hall–Kier alpha value is -3.66. The Balaban J connectivity index is 1.55. The maximum absolute atomic E-state index is 14.4. The molecule has 0 aliphatic carbocycles. The van der Waals surface area contributed by atoms with Crippen molar-refractivity contribution in [2.45, 2.75) is 17.9 Å². The zero-order valence-corrected chi connectivity index (χ0v) is 19.8. The van der Waals surface area contributed by atoms with Crippen LogP contribution in [0.3, 0.4) is 0 Å². The molecule has 0 amide bonds. The van der Waals surface area contributed by atoms with Crippen LogP contribution >= 0.6 is 0 Å². The number of hydrogen-bond acceptors (Lipinski definition) is 8. The summed E-state index contributed by atoms with van der Waals surface area (Å²) in [6.07, 6.45) is 0.255. The van der Waals surface area contributed by atoms with Crippen LogP contribution in [0, 0.1) is 23.0 Å². The van der Waals surface area contributed by atoms with Crippen molar-refractivity contribution in [3.8, 4) is 17.7 Å². The van der Waals surface area contributed by atoms with Gasteiger partial charge >= 0.3 is 0 Å². The number of anilines is 1. The van der Waals surface area contributed by atoms with Crippen molar-refractivity contribution >= 4 is 16.0 Å². The van der Waals surface area contributed by atoms with Gasteiger partial charge in [-0.1, -0.05) is 12.1 Å². The van der Waals surface area contributed by atoms with Crippen LogP contribution in [0.15, 0.2) is 47.4 Å². The second-order valence-electron chi connectivity index (χ2n) is 8.23. The number of nitriles is 1. The minimum atomic E-state index is -4.03. The van der Waals surface area contributed by atoms with Gasteiger partial charge in [-0.2, -0.15) is 14.6 Å². The van der Waals surface area contributed by atoms with E-state index in [-0.39, 0.29) is 41.6 Å². The Kier molecular flexibility index (Phi) is 6.53. The zero-order valence-electron chi connectivity index (χ0n) is 19.0. The predicted octanol–water partition coefficient (Wildman–Crippen LogP) is 3.00. The van der Waals surface area contributed by atoms with Crippen LogP contribution in [-0.2, 0) is 27.7 Å². The van der Waals surface area contributed by atoms with Crippen molar-refractivity contribution in [1.82, 2.24) is 14.3 Å². The minimum absolute atomic E-state index is 0.0135. The highest BCUT2D eigenvalue weighted by molar-refractivity contribution is 7.89. The molecule has 0 bridgehead atoms. The van der Waals surface area contributed by atoms with Gasteiger partial charge in [0, 0.05) is 38.7 Å². The zero-order chi connectivity index (χ0) is 25.3. The van der Waals surface area contributed by atoms with Crippen LogP contribution in [0.2, 0.25) is 0 Å². The summed E-state index contributed by atoms with van der Waals surface area (Å²) in [7, 11) is -4.03. The minimum Gasteiger partial charge on any atom is -0.435 e. The Morgan fingerprint density at radius 2 is 1.83 bits per heavy atom. The molecule has 0 saturated carbocycles. The standard InChI is InChI=1S/C24H21F2N5O4S/c25-17-5-6-21(19(26)13-17)35-23-18-15-31(36(32,33)22-4-2-1-3-16(22)14-27)8-7-20(18)28-24(29-23)30-9-11-34-12-10-30/h1-6,13H,7-12,15H2. The first-order valence-corrected chi connectivity index (χ1v) is 12.7. The number of ether oxygens (including phenoxy) is 2. The molecule has 3 heterocycles. The highest BCUT2D eigenvalue weighted by atomic mass is 32.2. The average Bonchev–Trinajstić information content (AvgIpc) is 2.90. The summed E-state index contributed by atoms with van der Waals surface area (Å²) in [5, 5.41) is 9.40. The lowest BCUT2D eigenvalue weighted by atomic mass is 10.1. The molecule has 36 heavy (non-hydrogen) atoms. The van der Waals surface area contributed by atoms with Crippen LogP contribution in [0.25, 0.3) is 0 Å². The van der Waals surface area contributed by atoms with E-state index in [0.717, 1.165) is 12.1 Å². The molecule has 2 aliphatic heterocycles. The van der Waals surface area contributed by atoms with E-state index in [2.05, 4.69) is 9.97 Å². The highest BCUT2D eigenvalue weighted by Gasteiger charge is 2.34. The van der Waals surface area contributed by atoms with E-state index in [1.54, 1.807) is 12.1 Å². The average molecular weight is 514 g/mol. The molecule has 0 spiro atoms. The highest BCUT2D eigenvalue weighted by Crippen LogP contribution is 2.34. The second-order valence-corrected chi connectivity index (χ2v) is 10.1. The van der Waals surface area contributed by atoms with Crippen LogP contribution < -0.4 is 9.64 Å². The second kappa shape index (κ2) is 9.77. The van der Waals surface area contributed by atoms with Crippen LogP contribution in [0.5, 0.6) is 11.6 Å². The molecule has 1 aromatic heterocycles. The Morgan fingerprint density at radius 3 is 2.58 bits per heavy atom. The van der Waals surface area contributed by atoms with Crippen molar-refractivity contribution in [2.24, 2.45) is 0 Å². The van der Waals surface area contributed by atoms with Crippen molar-refractivity contribution < 1.29 is 26.7 Å². The molecule has 9 nitrogen and oxygen atoms in total. The van der Waals surface area contributed by atoms with Gasteiger partial charge in [0.1, 0.15) is 11.9 Å². The molecule has 5 rings (SSSR count). The fourth-order valence-corrected chi connectivity index (χ4v) is 5.68. The third kappa shape index (κ3) is 4.60. The summed E-state index contributed by atoms with van der Waals surface area (Å²) in [5.41, 5.74) is 0.982. The lowest BCUT2D eigenvalue weighted by Crippen LogP contribution is -2.39. The van der Waals surface area contributed by atoms with E-state index < -0.39 is 21.7 Å². The molecule has 1 fully saturated rings. The fraction of sp³-hybridized carbons (Fsp3) is 0.292. The molecule has 0 unspecified atom stereocenters. The van der Waals surface area contributed by atoms with Gasteiger partial charge in [0.25, 0.3) is 0 Å². The van der Waals surface area contributed by atoms with E-state index in [1.165, 1.54) is 16.4 Å². The van der Waals surface area contributed by atoms with Gasteiger partial charge in [-0.3, -0.25) is 0 Å². The molecule has 2 aromatic carbocycles. The number of hydrogen-bond donors (Lipinski definition) is 0. The van der Waals surface area contributed by atoms with E-state index in [4.69, 9.17) is 9.47 Å². The van der Waals surface area contributed by atoms with Crippen molar-refractivity contribution in [2.75, 3.05) is 37.7 Å². The van der Waals surface area contributed by atoms with Crippen LogP contribution in [0.1, 0.15) is 16.8 Å². The van der Waals surface area contributed by atoms with Gasteiger partial charge in [0.2, 0.25) is 21.9 Å². The van der Waals surface area contributed by atoms with Gasteiger partial charge in [0.05, 0.1) is 34.9 Å². The molecule has 1 saturated heterocycles. The van der Waals surface area contributed by atoms with Gasteiger partial charge in [-0.25, -0.2) is 22.2 Å². The molecular formula is C24H21F2N5O4S. The topological polar surface area (TPSA) is 109 Å². The third-order valence-electron chi connectivity index (χ3n) is 6.00. The Labute approximate surface area is 206 Å². The van der Waals surface area contributed by atoms with Gasteiger partial charge in [-0.05, 0) is 24.3 Å². The SMILES string of the molecule is N#Cc1ccccc1S(=O)(=O)N1CCc2nc(N3CCOCC3)nc(Oc3ccc(F)cc3F)c2C1. The van der Waals surface area contributed by atoms with Crippen molar-refractivity contribution in [1.29, 1.82) is 5.26 Å². The largest absolute Gasteiger partial charge is 0.435 e. The Morgan fingerprint density at radius 1 is 1.06 bits per heavy atom. The number of halogens is 2. The first kappa shape index (κ1) is 24.1. The molecular weight excluding hydrogens is 492 g/mol. The number of morpholine rings is 1. The van der Waals surface area contributed by atoms with E-state index in [1.807, 2.05) is 11.0 Å². The van der Waals surface area contributed by atoms with Gasteiger partial charge in [0.15, 0.2) is 11.6 Å². The quantitative estimate of drug-likeness (QED) is 0.512. The van der Waals surface area contributed by atoms with Gasteiger partial charge < -0.3 is 14.4 Å². The van der Waals surface area contributed by atoms with E-state index in [9.17, 15) is 22.5 Å². The molecule has 3 aromatic rings. The molecule has 186 valence electrons. The van der Waals surface area contributed by atoms with Crippen LogP contribution in [0.4, 0.5) is 14.7 Å². The number of sulfonamides is 1. The lowest BCUT2D eigenvalue weighted by Gasteiger charge is -2.31. The molecule has 12 heteroatoms. The molecule has 2 aliphatic rings. The van der Waals surface area contributed by atoms with E-state index in [0.29, 0.717) is 49.6 Å². The summed E-state index contributed by atoms with van der Waals surface area (Å²) in [6.45, 7) is 2.07. The molecule has 0 N–H and O–H groups in total. The molecule has 0 atom stereocenters. The summed E-state index contributed by atoms with van der Waals surface area (Å²) in [5.74, 6) is -1.58. The predicted molar refractivity (Wildman–Crippen MR) is 124 cm³/mol. The summed E-state index contributed by atoms with van der Waals surface area (Å²) in [6, 6.07) is 10.8. The number of benzene rings is 2. The number of aromatic nitrogens is 2. The van der Waals surface area contributed by atoms with Crippen molar-refractivity contribution in [3.63, 3.8) is 0 Å². The van der Waals surface area contributed by atoms with E-state index >= 15 is 0 Å². The van der Waals surface area contributed by atoms with Crippen LogP contribution in [-0.4, -0.2) is 55.5 Å². The summed E-state index contributed by atoms with van der Waals surface area (Å²) >= 11 is 0. The number of rotatable bonds is 5. The third-order valence-corrected chi connectivity index (χ3v) is 7.90. The maximum Gasteiger partial charge on any atom is 0.244 e. The first-order valence-electron chi connectivity index (χ1n) is 11.2. The number of fused-ring (bicyclic) bond motifs is 1. The Bertz CT molecular complexity index is 1460. The summed E-state index contributed by atoms with van der Waals surface area (Å²) < 4.78 is 67.1.